The maximum absolute atomic E-state index is 12.7. The summed E-state index contributed by atoms with van der Waals surface area (Å²) in [7, 11) is -3.63. The van der Waals surface area contributed by atoms with Gasteiger partial charge in [0.15, 0.2) is 0 Å². The maximum Gasteiger partial charge on any atom is 0.267 e. The number of ether oxygens (including phenoxy) is 1. The summed E-state index contributed by atoms with van der Waals surface area (Å²) in [6, 6.07) is 11.1. The summed E-state index contributed by atoms with van der Waals surface area (Å²) in [5, 5.41) is 7.14. The molecule has 0 unspecified atom stereocenters. The number of nitrogens with zero attached hydrogens (tertiary/aromatic N) is 3. The average Bonchev–Trinajstić information content (AvgIpc) is 3.45. The van der Waals surface area contributed by atoms with Crippen LogP contribution in [0.1, 0.15) is 16.1 Å². The summed E-state index contributed by atoms with van der Waals surface area (Å²) < 4.78 is 33.6. The first-order valence-electron chi connectivity index (χ1n) is 9.67. The van der Waals surface area contributed by atoms with E-state index in [0.717, 1.165) is 11.3 Å². The molecule has 0 bridgehead atoms. The van der Waals surface area contributed by atoms with E-state index in [-0.39, 0.29) is 16.5 Å². The van der Waals surface area contributed by atoms with E-state index < -0.39 is 10.0 Å². The van der Waals surface area contributed by atoms with Crippen molar-refractivity contribution in [1.82, 2.24) is 24.4 Å². The lowest BCUT2D eigenvalue weighted by Gasteiger charge is -2.25. The van der Waals surface area contributed by atoms with Crippen molar-refractivity contribution >= 4 is 15.9 Å². The first kappa shape index (κ1) is 20.3. The summed E-state index contributed by atoms with van der Waals surface area (Å²) >= 11 is 0. The second-order valence-corrected chi connectivity index (χ2v) is 8.84. The van der Waals surface area contributed by atoms with Crippen molar-refractivity contribution in [2.24, 2.45) is 0 Å². The standard InChI is InChI=1S/C20H23N5O4S/c26-20(19-12-18(14-22-19)30(27,28)24-8-10-29-11-9-24)21-7-6-16-13-23-25(15-16)17-4-2-1-3-5-17/h1-5,12-15,22H,6-11H2,(H,21,26). The van der Waals surface area contributed by atoms with Crippen molar-refractivity contribution in [2.75, 3.05) is 32.8 Å². The molecular formula is C20H23N5O4S. The van der Waals surface area contributed by atoms with Crippen LogP contribution in [-0.4, -0.2) is 66.2 Å². The predicted molar refractivity (Wildman–Crippen MR) is 110 cm³/mol. The Morgan fingerprint density at radius 3 is 2.73 bits per heavy atom. The maximum atomic E-state index is 12.7. The zero-order valence-electron chi connectivity index (χ0n) is 16.3. The zero-order valence-corrected chi connectivity index (χ0v) is 17.1. The summed E-state index contributed by atoms with van der Waals surface area (Å²) in [6.07, 6.45) is 5.64. The number of carbonyl (C=O) groups is 1. The number of hydrogen-bond donors (Lipinski definition) is 2. The largest absolute Gasteiger partial charge is 0.379 e. The molecule has 1 aromatic carbocycles. The van der Waals surface area contributed by atoms with Crippen LogP contribution < -0.4 is 5.32 Å². The van der Waals surface area contributed by atoms with Crippen LogP contribution in [0.2, 0.25) is 0 Å². The van der Waals surface area contributed by atoms with Gasteiger partial charge in [-0.1, -0.05) is 18.2 Å². The van der Waals surface area contributed by atoms with Crippen LogP contribution in [0.4, 0.5) is 0 Å². The third-order valence-corrected chi connectivity index (χ3v) is 6.74. The molecule has 2 aromatic heterocycles. The van der Waals surface area contributed by atoms with Crippen molar-refractivity contribution in [3.63, 3.8) is 0 Å². The van der Waals surface area contributed by atoms with E-state index in [1.165, 1.54) is 16.6 Å². The van der Waals surface area contributed by atoms with Crippen LogP contribution in [0.5, 0.6) is 0 Å². The number of amides is 1. The Balaban J connectivity index is 1.32. The normalized spacial score (nSPS) is 15.2. The van der Waals surface area contributed by atoms with Crippen LogP contribution in [0, 0.1) is 0 Å². The van der Waals surface area contributed by atoms with Gasteiger partial charge in [0.25, 0.3) is 5.91 Å². The number of para-hydroxylation sites is 1. The molecule has 10 heteroatoms. The van der Waals surface area contributed by atoms with Crippen molar-refractivity contribution in [3.05, 3.63) is 66.2 Å². The van der Waals surface area contributed by atoms with Crippen LogP contribution >= 0.6 is 0 Å². The lowest BCUT2D eigenvalue weighted by molar-refractivity contribution is 0.0730. The van der Waals surface area contributed by atoms with E-state index in [1.54, 1.807) is 10.9 Å². The second kappa shape index (κ2) is 8.82. The number of rotatable bonds is 7. The molecule has 1 saturated heterocycles. The molecule has 1 aliphatic rings. The van der Waals surface area contributed by atoms with E-state index >= 15 is 0 Å². The third kappa shape index (κ3) is 4.45. The van der Waals surface area contributed by atoms with E-state index in [2.05, 4.69) is 15.4 Å². The number of nitrogens with one attached hydrogen (secondary N) is 2. The van der Waals surface area contributed by atoms with Crippen molar-refractivity contribution in [3.8, 4) is 5.69 Å². The van der Waals surface area contributed by atoms with Crippen molar-refractivity contribution < 1.29 is 17.9 Å². The molecule has 0 saturated carbocycles. The zero-order chi connectivity index (χ0) is 21.0. The van der Waals surface area contributed by atoms with Crippen molar-refractivity contribution in [1.29, 1.82) is 0 Å². The molecule has 0 radical (unpaired) electrons. The van der Waals surface area contributed by atoms with Crippen LogP contribution in [0.15, 0.2) is 59.9 Å². The first-order valence-corrected chi connectivity index (χ1v) is 11.1. The minimum absolute atomic E-state index is 0.0821. The molecule has 3 heterocycles. The van der Waals surface area contributed by atoms with Gasteiger partial charge in [0.1, 0.15) is 10.6 Å². The summed E-state index contributed by atoms with van der Waals surface area (Å²) in [5.41, 5.74) is 2.16. The van der Waals surface area contributed by atoms with E-state index in [0.29, 0.717) is 39.3 Å². The third-order valence-electron chi connectivity index (χ3n) is 4.87. The number of morpholine rings is 1. The SMILES string of the molecule is O=C(NCCc1cnn(-c2ccccc2)c1)c1cc(S(=O)(=O)N2CCOCC2)c[nH]1. The van der Waals surface area contributed by atoms with E-state index in [9.17, 15) is 13.2 Å². The Bertz CT molecular complexity index is 1100. The molecule has 1 fully saturated rings. The molecule has 0 atom stereocenters. The van der Waals surface area contributed by atoms with Gasteiger partial charge in [0.05, 0.1) is 25.1 Å². The Kier molecular flexibility index (Phi) is 5.98. The molecule has 9 nitrogen and oxygen atoms in total. The highest BCUT2D eigenvalue weighted by Gasteiger charge is 2.27. The highest BCUT2D eigenvalue weighted by molar-refractivity contribution is 7.89. The monoisotopic (exact) mass is 429 g/mol. The predicted octanol–water partition coefficient (Wildman–Crippen LogP) is 1.19. The molecule has 4 rings (SSSR count). The fourth-order valence-electron chi connectivity index (χ4n) is 3.22. The quantitative estimate of drug-likeness (QED) is 0.586. The fourth-order valence-corrected chi connectivity index (χ4v) is 4.62. The Labute approximate surface area is 174 Å². The summed E-state index contributed by atoms with van der Waals surface area (Å²) in [4.78, 5) is 15.2. The number of aromatic nitrogens is 3. The molecule has 2 N–H and O–H groups in total. The molecule has 1 aliphatic heterocycles. The molecule has 0 aliphatic carbocycles. The van der Waals surface area contributed by atoms with Gasteiger partial charge in [-0.15, -0.1) is 0 Å². The summed E-state index contributed by atoms with van der Waals surface area (Å²) in [5.74, 6) is -0.353. The minimum Gasteiger partial charge on any atom is -0.379 e. The van der Waals surface area contributed by atoms with Crippen LogP contribution in [0.3, 0.4) is 0 Å². The number of aromatic amines is 1. The lowest BCUT2D eigenvalue weighted by Crippen LogP contribution is -2.40. The number of H-pyrrole nitrogens is 1. The van der Waals surface area contributed by atoms with Gasteiger partial charge in [0.2, 0.25) is 10.0 Å². The summed E-state index contributed by atoms with van der Waals surface area (Å²) in [6.45, 7) is 1.77. The second-order valence-electron chi connectivity index (χ2n) is 6.90. The van der Waals surface area contributed by atoms with Crippen LogP contribution in [0.25, 0.3) is 5.69 Å². The van der Waals surface area contributed by atoms with Gasteiger partial charge in [-0.05, 0) is 30.2 Å². The Morgan fingerprint density at radius 2 is 1.97 bits per heavy atom. The number of hydrogen-bond acceptors (Lipinski definition) is 5. The van der Waals surface area contributed by atoms with Crippen LogP contribution in [-0.2, 0) is 21.2 Å². The van der Waals surface area contributed by atoms with Gasteiger partial charge < -0.3 is 15.0 Å². The lowest BCUT2D eigenvalue weighted by atomic mass is 10.2. The van der Waals surface area contributed by atoms with E-state index in [4.69, 9.17) is 4.74 Å². The average molecular weight is 430 g/mol. The smallest absolute Gasteiger partial charge is 0.267 e. The highest BCUT2D eigenvalue weighted by Crippen LogP contribution is 2.18. The Hall–Kier alpha value is -2.95. The minimum atomic E-state index is -3.63. The van der Waals surface area contributed by atoms with Gasteiger partial charge >= 0.3 is 0 Å². The van der Waals surface area contributed by atoms with Gasteiger partial charge in [0, 0.05) is 32.0 Å². The molecule has 0 spiro atoms. The number of carbonyl (C=O) groups excluding carboxylic acids is 1. The van der Waals surface area contributed by atoms with Gasteiger partial charge in [-0.25, -0.2) is 13.1 Å². The fraction of sp³-hybridized carbons (Fsp3) is 0.300. The van der Waals surface area contributed by atoms with Gasteiger partial charge in [-0.3, -0.25) is 4.79 Å². The molecule has 30 heavy (non-hydrogen) atoms. The van der Waals surface area contributed by atoms with E-state index in [1.807, 2.05) is 36.5 Å². The Morgan fingerprint density at radius 1 is 1.20 bits per heavy atom. The van der Waals surface area contributed by atoms with Crippen molar-refractivity contribution in [2.45, 2.75) is 11.3 Å². The van der Waals surface area contributed by atoms with Gasteiger partial charge in [-0.2, -0.15) is 9.40 Å². The molecular weight excluding hydrogens is 406 g/mol. The molecule has 1 amide bonds. The first-order chi connectivity index (χ1) is 14.5. The molecule has 158 valence electrons. The molecule has 3 aromatic rings. The number of sulfonamides is 1. The topological polar surface area (TPSA) is 109 Å². The highest BCUT2D eigenvalue weighted by atomic mass is 32.2. The number of benzene rings is 1.